The van der Waals surface area contributed by atoms with Gasteiger partial charge in [-0.2, -0.15) is 0 Å². The fourth-order valence-corrected chi connectivity index (χ4v) is 15.7. The second-order valence-corrected chi connectivity index (χ2v) is 17.5. The molecule has 3 aliphatic heterocycles. The maximum atomic E-state index is 13.9. The number of aromatic nitrogens is 1. The molecule has 4 heterocycles. The predicted molar refractivity (Wildman–Crippen MR) is 164 cm³/mol. The van der Waals surface area contributed by atoms with Gasteiger partial charge in [-0.15, -0.1) is 0 Å². The predicted octanol–water partition coefficient (Wildman–Crippen LogP) is 9.76. The van der Waals surface area contributed by atoms with Crippen LogP contribution in [0.25, 0.3) is 22.4 Å². The molecule has 1 aliphatic carbocycles. The summed E-state index contributed by atoms with van der Waals surface area (Å²) in [7, 11) is 0. The van der Waals surface area contributed by atoms with E-state index in [1.54, 1.807) is 4.90 Å². The van der Waals surface area contributed by atoms with E-state index < -0.39 is 52.8 Å². The Morgan fingerprint density at radius 3 is 2.19 bits per heavy atom. The zero-order valence-corrected chi connectivity index (χ0v) is 25.2. The van der Waals surface area contributed by atoms with Crippen LogP contribution in [0.3, 0.4) is 0 Å². The molecule has 2 nitrogen and oxygen atoms in total. The zero-order valence-electron chi connectivity index (χ0n) is 23.0. The number of hydrogen-bond donors (Lipinski definition) is 0. The zero-order chi connectivity index (χ0) is 30.3. The molecule has 0 spiro atoms. The first-order valence-corrected chi connectivity index (χ1v) is 17.1. The standard InChI is InChI=1S/C34H25F6IN2/c1-20-16-29(42-18-27(20)21-8-4-3-5-9-21)25-10-6-7-11-28(25)41-31-26-17-22(33(35,36)37)12-14-24(26)30-15-13-23(34(38,39)40)19-43(30)32(31,41)2/h3-19,26,31H,1-2H3. The number of benzene rings is 2. The third-order valence-electron chi connectivity index (χ3n) is 8.51. The number of aryl methyl sites for hydroxylation is 1. The van der Waals surface area contributed by atoms with E-state index in [4.69, 9.17) is 4.98 Å². The monoisotopic (exact) mass is 702 g/mol. The molecule has 0 saturated carbocycles. The summed E-state index contributed by atoms with van der Waals surface area (Å²) in [6.07, 6.45) is 0.119. The summed E-state index contributed by atoms with van der Waals surface area (Å²) in [6.45, 7) is 3.94. The van der Waals surface area contributed by atoms with Crippen molar-refractivity contribution in [2.45, 2.75) is 33.7 Å². The number of halogens is 7. The Kier molecular flexibility index (Phi) is 6.36. The quantitative estimate of drug-likeness (QED) is 0.117. The number of rotatable bonds is 3. The van der Waals surface area contributed by atoms with Gasteiger partial charge in [0.25, 0.3) is 0 Å². The van der Waals surface area contributed by atoms with Crippen molar-refractivity contribution in [3.05, 3.63) is 135 Å². The second-order valence-electron chi connectivity index (χ2n) is 11.1. The van der Waals surface area contributed by atoms with Crippen LogP contribution in [0.5, 0.6) is 0 Å². The maximum absolute atomic E-state index is 13.9. The molecule has 4 aliphatic rings. The van der Waals surface area contributed by atoms with Crippen LogP contribution < -0.4 is 0 Å². The van der Waals surface area contributed by atoms with Crippen LogP contribution in [0.1, 0.15) is 12.5 Å². The number of hydrogen-bond acceptors (Lipinski definition) is 2. The minimum absolute atomic E-state index is 0.235. The van der Waals surface area contributed by atoms with Crippen LogP contribution in [-0.4, -0.2) is 29.7 Å². The van der Waals surface area contributed by atoms with Crippen molar-refractivity contribution in [1.82, 2.24) is 9.88 Å². The summed E-state index contributed by atoms with van der Waals surface area (Å²) in [5.41, 5.74) is 4.35. The molecule has 43 heavy (non-hydrogen) atoms. The van der Waals surface area contributed by atoms with Gasteiger partial charge in [-0.05, 0) is 0 Å². The summed E-state index contributed by atoms with van der Waals surface area (Å²) in [5, 5.41) is 0. The number of allylic oxidation sites excluding steroid dienone is 8. The summed E-state index contributed by atoms with van der Waals surface area (Å²) in [5.74, 6) is -0.545. The van der Waals surface area contributed by atoms with E-state index in [2.05, 4.69) is 0 Å². The van der Waals surface area contributed by atoms with Crippen molar-refractivity contribution in [1.29, 1.82) is 0 Å². The topological polar surface area (TPSA) is 16.1 Å². The summed E-state index contributed by atoms with van der Waals surface area (Å²) in [4.78, 5) is 6.52. The van der Waals surface area contributed by atoms with Crippen molar-refractivity contribution in [2.75, 3.05) is 0 Å². The summed E-state index contributed by atoms with van der Waals surface area (Å²) < 4.78 is 83.2. The summed E-state index contributed by atoms with van der Waals surface area (Å²) in [6, 6.07) is 19.7. The van der Waals surface area contributed by atoms with E-state index in [0.29, 0.717) is 11.3 Å². The Hall–Kier alpha value is -3.60. The normalized spacial score (nSPS) is 25.1. The Morgan fingerprint density at radius 1 is 0.814 bits per heavy atom. The van der Waals surface area contributed by atoms with Gasteiger partial charge in [0.15, 0.2) is 0 Å². The molecule has 7 rings (SSSR count). The second kappa shape index (κ2) is 9.70. The molecule has 2 aromatic carbocycles. The molecule has 9 heteroatoms. The van der Waals surface area contributed by atoms with Crippen molar-refractivity contribution < 1.29 is 26.3 Å². The molecule has 1 aromatic heterocycles. The molecule has 3 aromatic rings. The van der Waals surface area contributed by atoms with E-state index in [-0.39, 0.29) is 3.92 Å². The van der Waals surface area contributed by atoms with Crippen molar-refractivity contribution in [3.63, 3.8) is 0 Å². The molecule has 0 radical (unpaired) electrons. The number of alkyl halides is 8. The van der Waals surface area contributed by atoms with Crippen LogP contribution in [0.15, 0.2) is 126 Å². The molecule has 3 atom stereocenters. The van der Waals surface area contributed by atoms with E-state index in [0.717, 1.165) is 49.9 Å². The number of fused-ring (bicyclic) bond motifs is 5. The molecular weight excluding hydrogens is 677 g/mol. The van der Waals surface area contributed by atoms with Crippen LogP contribution >= 0.6 is 19.8 Å². The molecular formula is C34H25F6IN2. The molecule has 1 fully saturated rings. The van der Waals surface area contributed by atoms with Gasteiger partial charge in [-0.25, -0.2) is 0 Å². The molecule has 3 unspecified atom stereocenters. The average molecular weight is 702 g/mol. The third kappa shape index (κ3) is 4.49. The van der Waals surface area contributed by atoms with Gasteiger partial charge in [0.1, 0.15) is 0 Å². The molecule has 1 saturated heterocycles. The molecule has 0 N–H and O–H groups in total. The minimum atomic E-state index is -4.55. The average Bonchev–Trinajstić information content (AvgIpc) is 3.63. The van der Waals surface area contributed by atoms with E-state index >= 15 is 0 Å². The SMILES string of the molecule is Cc1cc(-c2ccccc2I2C3C4C=C(C(F)(F)F)C=CC4=C4C=CC(C(F)(F)F)=CN4C32C)ncc1-c1ccccc1. The van der Waals surface area contributed by atoms with Gasteiger partial charge in [0, 0.05) is 0 Å². The van der Waals surface area contributed by atoms with Crippen molar-refractivity contribution >= 4 is 19.8 Å². The molecule has 0 bridgehead atoms. The number of pyridine rings is 1. The van der Waals surface area contributed by atoms with Crippen LogP contribution in [0.4, 0.5) is 26.3 Å². The van der Waals surface area contributed by atoms with E-state index in [1.165, 1.54) is 18.2 Å². The van der Waals surface area contributed by atoms with Crippen molar-refractivity contribution in [2.24, 2.45) is 5.92 Å². The first-order chi connectivity index (χ1) is 20.4. The van der Waals surface area contributed by atoms with Crippen LogP contribution in [-0.2, 0) is 0 Å². The Labute approximate surface area is 252 Å². The van der Waals surface area contributed by atoms with Gasteiger partial charge in [0.05, 0.1) is 0 Å². The van der Waals surface area contributed by atoms with E-state index in [1.807, 2.05) is 80.7 Å². The Bertz CT molecular complexity index is 1800. The first kappa shape index (κ1) is 28.2. The van der Waals surface area contributed by atoms with Gasteiger partial charge >= 0.3 is 253 Å². The molecule has 0 amide bonds. The Morgan fingerprint density at radius 2 is 1.49 bits per heavy atom. The van der Waals surface area contributed by atoms with Crippen molar-refractivity contribution in [3.8, 4) is 22.4 Å². The number of nitrogens with zero attached hydrogens (tertiary/aromatic N) is 2. The third-order valence-corrected chi connectivity index (χ3v) is 16.9. The van der Waals surface area contributed by atoms with Gasteiger partial charge < -0.3 is 0 Å². The summed E-state index contributed by atoms with van der Waals surface area (Å²) >= 11 is -2.50. The van der Waals surface area contributed by atoms with E-state index in [9.17, 15) is 26.3 Å². The fourth-order valence-electron chi connectivity index (χ4n) is 6.42. The molecule has 220 valence electrons. The van der Waals surface area contributed by atoms with Crippen LogP contribution in [0, 0.1) is 16.4 Å². The Balaban J connectivity index is 1.35. The van der Waals surface area contributed by atoms with Gasteiger partial charge in [-0.3, -0.25) is 0 Å². The fraction of sp³-hybridized carbons (Fsp3) is 0.206. The van der Waals surface area contributed by atoms with Crippen LogP contribution in [0.2, 0.25) is 0 Å². The van der Waals surface area contributed by atoms with Gasteiger partial charge in [0.2, 0.25) is 0 Å². The first-order valence-electron chi connectivity index (χ1n) is 13.7. The van der Waals surface area contributed by atoms with Gasteiger partial charge in [-0.1, -0.05) is 0 Å².